The maximum Gasteiger partial charge on any atom is 0.0541 e. The molecule has 0 radical (unpaired) electrons. The van der Waals surface area contributed by atoms with E-state index in [4.69, 9.17) is 0 Å². The molecule has 0 aliphatic carbocycles. The highest BCUT2D eigenvalue weighted by Gasteiger charge is 2.29. The van der Waals surface area contributed by atoms with Gasteiger partial charge in [-0.15, -0.1) is 0 Å². The molecule has 0 unspecified atom stereocenters. The molecule has 0 amide bonds. The van der Waals surface area contributed by atoms with E-state index < -0.39 is 0 Å². The van der Waals surface area contributed by atoms with Crippen LogP contribution in [-0.4, -0.2) is 4.57 Å². The lowest BCUT2D eigenvalue weighted by Crippen LogP contribution is -2.17. The topological polar surface area (TPSA) is 8.17 Å². The number of hydrogen-bond acceptors (Lipinski definition) is 1. The lowest BCUT2D eigenvalue weighted by Gasteiger charge is -2.32. The fourth-order valence-corrected chi connectivity index (χ4v) is 13.5. The van der Waals surface area contributed by atoms with E-state index in [1.807, 2.05) is 0 Å². The SMILES string of the molecule is CC(C)(C)c1cc(-c2ccccc2)cc(-c2cc(N(c3cc(-c4cc(C(C)(C)C)cc(C(C)(C)C)c4)cc(-c4cc(C(C)(C)C)cc(C(C)(C)C)c4)c3)c3ccc4ccc5c(-n6c7ccccc7c7ccccc76)ccc6ccc3c4c65)cc(C(C)(C)C)c2)c1. The molecule has 13 rings (SSSR count). The summed E-state index contributed by atoms with van der Waals surface area (Å²) in [5, 5.41) is 9.95. The molecular formula is C88H90N2. The third kappa shape index (κ3) is 11.1. The Hall–Kier alpha value is -8.72. The van der Waals surface area contributed by atoms with Crippen molar-refractivity contribution >= 4 is 71.2 Å². The molecule has 0 saturated carbocycles. The maximum absolute atomic E-state index is 2.63. The Balaban J connectivity index is 1.16. The second kappa shape index (κ2) is 21.5. The lowest BCUT2D eigenvalue weighted by atomic mass is 9.78. The Morgan fingerprint density at radius 2 is 0.567 bits per heavy atom. The van der Waals surface area contributed by atoms with Gasteiger partial charge in [0.1, 0.15) is 0 Å². The normalized spacial score (nSPS) is 13.0. The molecule has 0 saturated heterocycles. The van der Waals surface area contributed by atoms with Crippen LogP contribution in [0.4, 0.5) is 17.1 Å². The summed E-state index contributed by atoms with van der Waals surface area (Å²) < 4.78 is 2.49. The van der Waals surface area contributed by atoms with Gasteiger partial charge in [0.15, 0.2) is 0 Å². The highest BCUT2D eigenvalue weighted by atomic mass is 15.1. The fourth-order valence-electron chi connectivity index (χ4n) is 13.5. The summed E-state index contributed by atoms with van der Waals surface area (Å²) in [7, 11) is 0. The molecule has 0 N–H and O–H groups in total. The van der Waals surface area contributed by atoms with Gasteiger partial charge >= 0.3 is 0 Å². The molecule has 452 valence electrons. The van der Waals surface area contributed by atoms with E-state index >= 15 is 0 Å². The van der Waals surface area contributed by atoms with E-state index in [-0.39, 0.29) is 32.5 Å². The van der Waals surface area contributed by atoms with Gasteiger partial charge in [0.05, 0.1) is 22.4 Å². The molecule has 12 aromatic carbocycles. The Bertz CT molecular complexity index is 4710. The van der Waals surface area contributed by atoms with E-state index in [9.17, 15) is 0 Å². The second-order valence-electron chi connectivity index (χ2n) is 32.1. The molecule has 0 fully saturated rings. The van der Waals surface area contributed by atoms with Gasteiger partial charge in [-0.1, -0.05) is 282 Å². The smallest absolute Gasteiger partial charge is 0.0541 e. The number of nitrogens with zero attached hydrogens (tertiary/aromatic N) is 2. The van der Waals surface area contributed by atoms with Crippen molar-refractivity contribution in [3.05, 3.63) is 252 Å². The van der Waals surface area contributed by atoms with Gasteiger partial charge < -0.3 is 9.47 Å². The minimum atomic E-state index is -0.202. The molecule has 0 bridgehead atoms. The van der Waals surface area contributed by atoms with E-state index in [0.29, 0.717) is 0 Å². The van der Waals surface area contributed by atoms with Gasteiger partial charge in [0.2, 0.25) is 0 Å². The number of hydrogen-bond donors (Lipinski definition) is 0. The zero-order valence-electron chi connectivity index (χ0n) is 56.7. The molecule has 2 heteroatoms. The summed E-state index contributed by atoms with van der Waals surface area (Å²) in [5.41, 5.74) is 23.9. The van der Waals surface area contributed by atoms with Gasteiger partial charge in [0.25, 0.3) is 0 Å². The highest BCUT2D eigenvalue weighted by Crippen LogP contribution is 2.50. The largest absolute Gasteiger partial charge is 0.310 e. The molecular weight excluding hydrogens is 1080 g/mol. The average molecular weight is 1180 g/mol. The average Bonchev–Trinajstić information content (AvgIpc) is 1.14. The van der Waals surface area contributed by atoms with Crippen LogP contribution >= 0.6 is 0 Å². The Kier molecular flexibility index (Phi) is 14.4. The van der Waals surface area contributed by atoms with E-state index in [0.717, 1.165) is 17.1 Å². The third-order valence-electron chi connectivity index (χ3n) is 19.1. The molecule has 1 aromatic heterocycles. The van der Waals surface area contributed by atoms with Gasteiger partial charge in [-0.2, -0.15) is 0 Å². The Morgan fingerprint density at radius 3 is 1.02 bits per heavy atom. The number of benzene rings is 12. The number of aromatic nitrogens is 1. The van der Waals surface area contributed by atoms with Crippen LogP contribution in [0.3, 0.4) is 0 Å². The van der Waals surface area contributed by atoms with Crippen molar-refractivity contribution in [1.82, 2.24) is 4.57 Å². The summed E-state index contributed by atoms with van der Waals surface area (Å²) >= 11 is 0. The number of para-hydroxylation sites is 2. The molecule has 13 aromatic rings. The standard InChI is InChI=1S/C88H90N2/c1-83(2,3)65-42-58(55-26-20-19-21-27-55)40-59(43-65)64-48-70(88(16,17)18)54-72(51-64)89(79-38-34-56-33-37-76-80(39-35-57-32-36-75(79)81(56)82(57)76)90-77-30-24-22-28-73(77)74-29-23-25-31-78(74)90)71-49-60(62-44-66(84(4,5)6)52-67(45-62)85(7,8)9)41-61(50-71)63-46-68(86(10,11)12)53-69(47-63)87(13,14)15/h19-54H,1-18H3. The predicted molar refractivity (Wildman–Crippen MR) is 393 cm³/mol. The summed E-state index contributed by atoms with van der Waals surface area (Å²) in [6, 6.07) is 84.8. The Labute approximate surface area is 536 Å². The van der Waals surface area contributed by atoms with E-state index in [1.54, 1.807) is 0 Å². The van der Waals surface area contributed by atoms with Crippen LogP contribution in [0.1, 0.15) is 158 Å². The van der Waals surface area contributed by atoms with Crippen LogP contribution < -0.4 is 4.90 Å². The maximum atomic E-state index is 2.63. The van der Waals surface area contributed by atoms with Crippen LogP contribution in [-0.2, 0) is 32.5 Å². The summed E-state index contributed by atoms with van der Waals surface area (Å²) in [6.45, 7) is 42.4. The van der Waals surface area contributed by atoms with Crippen LogP contribution in [0.5, 0.6) is 0 Å². The first-order valence-corrected chi connectivity index (χ1v) is 32.7. The minimum Gasteiger partial charge on any atom is -0.310 e. The second-order valence-corrected chi connectivity index (χ2v) is 32.1. The van der Waals surface area contributed by atoms with Crippen molar-refractivity contribution in [3.8, 4) is 50.2 Å². The minimum absolute atomic E-state index is 0.0806. The summed E-state index contributed by atoms with van der Waals surface area (Å²) in [6.07, 6.45) is 0. The zero-order chi connectivity index (χ0) is 63.8. The van der Waals surface area contributed by atoms with Gasteiger partial charge in [-0.05, 0) is 193 Å². The van der Waals surface area contributed by atoms with Crippen molar-refractivity contribution in [2.75, 3.05) is 4.90 Å². The number of fused-ring (bicyclic) bond motifs is 3. The lowest BCUT2D eigenvalue weighted by molar-refractivity contribution is 0.568. The van der Waals surface area contributed by atoms with Crippen LogP contribution in [0.15, 0.2) is 218 Å². The van der Waals surface area contributed by atoms with E-state index in [1.165, 1.54) is 138 Å². The van der Waals surface area contributed by atoms with Crippen molar-refractivity contribution in [2.24, 2.45) is 0 Å². The summed E-state index contributed by atoms with van der Waals surface area (Å²) in [5.74, 6) is 0. The molecule has 90 heavy (non-hydrogen) atoms. The van der Waals surface area contributed by atoms with Crippen molar-refractivity contribution < 1.29 is 0 Å². The van der Waals surface area contributed by atoms with Gasteiger partial charge in [-0.25, -0.2) is 0 Å². The highest BCUT2D eigenvalue weighted by molar-refractivity contribution is 6.27. The Morgan fingerprint density at radius 1 is 0.244 bits per heavy atom. The van der Waals surface area contributed by atoms with Crippen molar-refractivity contribution in [3.63, 3.8) is 0 Å². The predicted octanol–water partition coefficient (Wildman–Crippen LogP) is 25.6. The molecule has 0 atom stereocenters. The van der Waals surface area contributed by atoms with Crippen LogP contribution in [0, 0.1) is 0 Å². The quantitative estimate of drug-likeness (QED) is 0.138. The molecule has 0 aliphatic rings. The first-order chi connectivity index (χ1) is 42.4. The van der Waals surface area contributed by atoms with E-state index in [2.05, 4.69) is 352 Å². The van der Waals surface area contributed by atoms with Crippen LogP contribution in [0.25, 0.3) is 104 Å². The van der Waals surface area contributed by atoms with Gasteiger partial charge in [0, 0.05) is 32.9 Å². The van der Waals surface area contributed by atoms with Gasteiger partial charge in [-0.3, -0.25) is 0 Å². The first kappa shape index (κ1) is 60.2. The van der Waals surface area contributed by atoms with Crippen molar-refractivity contribution in [2.45, 2.75) is 157 Å². The monoisotopic (exact) mass is 1170 g/mol. The molecule has 0 aliphatic heterocycles. The molecule has 0 spiro atoms. The summed E-state index contributed by atoms with van der Waals surface area (Å²) in [4.78, 5) is 2.63. The zero-order valence-corrected chi connectivity index (χ0v) is 56.7. The number of rotatable bonds is 8. The van der Waals surface area contributed by atoms with Crippen molar-refractivity contribution in [1.29, 1.82) is 0 Å². The van der Waals surface area contributed by atoms with Crippen LogP contribution in [0.2, 0.25) is 0 Å². The molecule has 1 heterocycles. The first-order valence-electron chi connectivity index (χ1n) is 32.7. The number of anilines is 3. The third-order valence-corrected chi connectivity index (χ3v) is 19.1. The fraction of sp³-hybridized carbons (Fsp3) is 0.273. The molecule has 2 nitrogen and oxygen atoms in total.